The van der Waals surface area contributed by atoms with Crippen molar-refractivity contribution in [1.82, 2.24) is 13.7 Å². The molecule has 0 unspecified atom stereocenters. The molecule has 590 valence electrons. The second-order valence-corrected chi connectivity index (χ2v) is 35.8. The molecule has 0 atom stereocenters. The maximum atomic E-state index is 2.50. The van der Waals surface area contributed by atoms with Gasteiger partial charge in [-0.3, -0.25) is 0 Å². The van der Waals surface area contributed by atoms with E-state index in [2.05, 4.69) is 444 Å². The third-order valence-electron chi connectivity index (χ3n) is 29.6. The molecule has 32 rings (SSSR count). The van der Waals surface area contributed by atoms with Crippen molar-refractivity contribution in [3.05, 3.63) is 431 Å². The monoisotopic (exact) mass is 1630 g/mol. The molecule has 0 N–H and O–H groups in total. The van der Waals surface area contributed by atoms with Gasteiger partial charge in [-0.1, -0.05) is 346 Å². The quantitative estimate of drug-likeness (QED) is 0.163. The summed E-state index contributed by atoms with van der Waals surface area (Å²) in [7, 11) is 0. The fraction of sp³-hybridized carbons (Fsp3) is 0. The number of benzene rings is 23. The Bertz CT molecular complexity index is 9530. The molecule has 0 amide bonds. The Hall–Kier alpha value is -17.0. The summed E-state index contributed by atoms with van der Waals surface area (Å²) >= 11 is 0. The van der Waals surface area contributed by atoms with Crippen LogP contribution >= 0.6 is 0 Å². The molecule has 0 bridgehead atoms. The molecule has 3 heterocycles. The molecular formula is C126H71N3. The molecule has 0 radical (unpaired) electrons. The minimum atomic E-state index is 1.18. The van der Waals surface area contributed by atoms with Gasteiger partial charge in [-0.25, -0.2) is 0 Å². The van der Waals surface area contributed by atoms with E-state index < -0.39 is 0 Å². The van der Waals surface area contributed by atoms with E-state index in [-0.39, 0.29) is 0 Å². The maximum absolute atomic E-state index is 2.50. The first-order valence-electron chi connectivity index (χ1n) is 45.0. The van der Waals surface area contributed by atoms with Gasteiger partial charge in [0.25, 0.3) is 0 Å². The second-order valence-electron chi connectivity index (χ2n) is 35.8. The van der Waals surface area contributed by atoms with Gasteiger partial charge >= 0.3 is 0 Å². The first kappa shape index (κ1) is 69.4. The summed E-state index contributed by atoms with van der Waals surface area (Å²) in [5.74, 6) is 0. The normalized spacial score (nSPS) is 12.5. The molecule has 3 aromatic heterocycles. The van der Waals surface area contributed by atoms with Crippen LogP contribution in [-0.4, -0.2) is 13.7 Å². The molecule has 0 aliphatic heterocycles. The molecule has 0 saturated heterocycles. The summed E-state index contributed by atoms with van der Waals surface area (Å²) in [5, 5.41) is 23.8. The highest BCUT2D eigenvalue weighted by Gasteiger charge is 2.32. The Kier molecular flexibility index (Phi) is 13.9. The van der Waals surface area contributed by atoms with Crippen molar-refractivity contribution in [2.45, 2.75) is 0 Å². The summed E-state index contributed by atoms with van der Waals surface area (Å²) in [6.07, 6.45) is 0. The summed E-state index contributed by atoms with van der Waals surface area (Å²) in [6.45, 7) is 0. The summed E-state index contributed by atoms with van der Waals surface area (Å²) in [5.41, 5.74) is 48.1. The highest BCUT2D eigenvalue weighted by molar-refractivity contribution is 6.27. The molecular weight excluding hydrogens is 1560 g/mol. The molecule has 23 aromatic carbocycles. The van der Waals surface area contributed by atoms with Gasteiger partial charge < -0.3 is 13.7 Å². The van der Waals surface area contributed by atoms with Crippen LogP contribution in [0.25, 0.3) is 303 Å². The lowest BCUT2D eigenvalue weighted by atomic mass is 9.94. The summed E-state index contributed by atoms with van der Waals surface area (Å²) < 4.78 is 7.41. The van der Waals surface area contributed by atoms with E-state index in [1.807, 2.05) is 0 Å². The molecule has 3 nitrogen and oxygen atoms in total. The fourth-order valence-electron chi connectivity index (χ4n) is 24.3. The number of hydrogen-bond donors (Lipinski definition) is 0. The van der Waals surface area contributed by atoms with Crippen molar-refractivity contribution in [3.8, 4) is 173 Å². The lowest BCUT2D eigenvalue weighted by Crippen LogP contribution is -1.96. The van der Waals surface area contributed by atoms with Gasteiger partial charge in [-0.05, 0) is 300 Å². The first-order chi connectivity index (χ1) is 64.0. The lowest BCUT2D eigenvalue weighted by Gasteiger charge is -2.14. The zero-order chi connectivity index (χ0) is 83.7. The van der Waals surface area contributed by atoms with E-state index in [1.54, 1.807) is 0 Å². The predicted octanol–water partition coefficient (Wildman–Crippen LogP) is 34.5. The smallest absolute Gasteiger partial charge is 0.0547 e. The van der Waals surface area contributed by atoms with E-state index in [9.17, 15) is 0 Å². The van der Waals surface area contributed by atoms with Crippen LogP contribution in [0, 0.1) is 0 Å². The summed E-state index contributed by atoms with van der Waals surface area (Å²) in [6, 6.07) is 160. The largest absolute Gasteiger partial charge is 0.309 e. The van der Waals surface area contributed by atoms with Crippen molar-refractivity contribution < 1.29 is 0 Å². The topological polar surface area (TPSA) is 14.8 Å². The Morgan fingerprint density at radius 1 is 0.116 bits per heavy atom. The number of aromatic nitrogens is 3. The third kappa shape index (κ3) is 9.43. The highest BCUT2D eigenvalue weighted by atomic mass is 15.0. The number of para-hydroxylation sites is 3. The molecule has 129 heavy (non-hydrogen) atoms. The molecule has 6 aliphatic carbocycles. The van der Waals surface area contributed by atoms with Gasteiger partial charge in [0.15, 0.2) is 0 Å². The van der Waals surface area contributed by atoms with Crippen LogP contribution in [0.15, 0.2) is 431 Å². The number of nitrogens with zero attached hydrogens (tertiary/aromatic N) is 3. The average Bonchev–Trinajstić information content (AvgIpc) is 1.55. The van der Waals surface area contributed by atoms with Gasteiger partial charge in [0, 0.05) is 49.1 Å². The fourth-order valence-corrected chi connectivity index (χ4v) is 24.3. The highest BCUT2D eigenvalue weighted by Crippen LogP contribution is 2.58. The van der Waals surface area contributed by atoms with Crippen molar-refractivity contribution in [1.29, 1.82) is 0 Å². The first-order valence-corrected chi connectivity index (χ1v) is 45.0. The molecule has 0 saturated carbocycles. The number of rotatable bonds is 5. The van der Waals surface area contributed by atoms with E-state index in [4.69, 9.17) is 0 Å². The standard InChI is InChI=1S/2C44H25N.C38H21N/c1-2-14-31-30(13-1)34-19-8-18-33-29(21-22-37(31)44(33)34)27-11-5-12-28(23-27)45-41-20-4-3-15-32(41)40-24-38-35-16-6-9-26-10-7-17-36(43(26)35)39(38)25-42(40)45;1-2-11-31-30(10-1)34-16-7-15-33-29(22-23-37(31)44(33)34)26-18-20-28(21-19-26)45-41-17-4-3-12-32(41)40-24-38-35-13-5-8-27-9-6-14-36(43(27)35)39(38)25-42(40)45;1-2-11-24-23(10-1)26-15-7-16-30-35(19-18-29(24)38(26)30)39-34-17-4-3-12-25(34)33-20-31-27-13-5-8-22-9-6-14-28(37(22)27)32(31)21-36(33)39/h2*1-25H;1-21H. The van der Waals surface area contributed by atoms with Gasteiger partial charge in [-0.2, -0.15) is 0 Å². The Morgan fingerprint density at radius 3 is 0.791 bits per heavy atom. The minimum Gasteiger partial charge on any atom is -0.309 e. The van der Waals surface area contributed by atoms with Crippen LogP contribution in [0.4, 0.5) is 0 Å². The number of hydrogen-bond acceptors (Lipinski definition) is 0. The molecule has 26 aromatic rings. The van der Waals surface area contributed by atoms with Crippen LogP contribution in [-0.2, 0) is 0 Å². The molecule has 3 heteroatoms. The van der Waals surface area contributed by atoms with Crippen LogP contribution in [0.1, 0.15) is 0 Å². The maximum Gasteiger partial charge on any atom is 0.0547 e. The van der Waals surface area contributed by atoms with Crippen molar-refractivity contribution in [2.24, 2.45) is 0 Å². The molecule has 0 fully saturated rings. The molecule has 0 spiro atoms. The van der Waals surface area contributed by atoms with Crippen molar-refractivity contribution >= 4 is 130 Å². The van der Waals surface area contributed by atoms with Crippen molar-refractivity contribution in [2.75, 3.05) is 0 Å². The zero-order valence-electron chi connectivity index (χ0n) is 69.8. The van der Waals surface area contributed by atoms with Gasteiger partial charge in [0.05, 0.1) is 38.8 Å². The second kappa shape index (κ2) is 25.8. The molecule has 6 aliphatic rings. The van der Waals surface area contributed by atoms with E-state index >= 15 is 0 Å². The Morgan fingerprint density at radius 2 is 0.388 bits per heavy atom. The van der Waals surface area contributed by atoms with E-state index in [1.165, 1.54) is 303 Å². The predicted molar refractivity (Wildman–Crippen MR) is 545 cm³/mol. The van der Waals surface area contributed by atoms with Crippen LogP contribution in [0.2, 0.25) is 0 Å². The van der Waals surface area contributed by atoms with Crippen LogP contribution < -0.4 is 0 Å². The van der Waals surface area contributed by atoms with E-state index in [0.717, 1.165) is 0 Å². The van der Waals surface area contributed by atoms with Gasteiger partial charge in [-0.15, -0.1) is 0 Å². The van der Waals surface area contributed by atoms with E-state index in [0.29, 0.717) is 0 Å². The average molecular weight is 1630 g/mol. The van der Waals surface area contributed by atoms with Crippen molar-refractivity contribution in [3.63, 3.8) is 0 Å². The Labute approximate surface area is 742 Å². The zero-order valence-corrected chi connectivity index (χ0v) is 69.8. The SMILES string of the molecule is c1cc(-c2ccc3c4c(cccc24)-c2ccccc2-3)cc(-n2c3ccccc3c3cc4c(cc32)-c2cccc3cccc-4c23)c1.c1ccc2c(c1)-c1cccc3c(-c4ccc(-n5c6ccccc6c6cc7c(cc65)-c5cccc6cccc-7c56)cc4)ccc-2c13.c1ccc2c(c1)-c1cccc3c(-n4c5ccccc5c5cc6c(cc54)-c4cccc5cccc-6c45)ccc-2c13. The Balaban J connectivity index is 0.0000000939. The summed E-state index contributed by atoms with van der Waals surface area (Å²) in [4.78, 5) is 0. The third-order valence-corrected chi connectivity index (χ3v) is 29.6. The van der Waals surface area contributed by atoms with Crippen LogP contribution in [0.5, 0.6) is 0 Å². The van der Waals surface area contributed by atoms with Crippen LogP contribution in [0.3, 0.4) is 0 Å². The van der Waals surface area contributed by atoms with Gasteiger partial charge in [0.2, 0.25) is 0 Å². The number of fused-ring (bicyclic) bond motifs is 27. The van der Waals surface area contributed by atoms with Gasteiger partial charge in [0.1, 0.15) is 0 Å². The minimum absolute atomic E-state index is 1.18. The lowest BCUT2D eigenvalue weighted by molar-refractivity contribution is 1.18.